The molecule has 7 nitrogen and oxygen atoms in total. The van der Waals surface area contributed by atoms with E-state index in [4.69, 9.17) is 0 Å². The Hall–Kier alpha value is -1.60. The van der Waals surface area contributed by atoms with E-state index in [9.17, 15) is 14.9 Å². The van der Waals surface area contributed by atoms with E-state index in [1.165, 1.54) is 16.7 Å². The van der Waals surface area contributed by atoms with Gasteiger partial charge in [-0.2, -0.15) is 0 Å². The Kier molecular flexibility index (Phi) is 6.17. The Labute approximate surface area is 129 Å². The maximum Gasteiger partial charge on any atom is 0.323 e. The monoisotopic (exact) mass is 316 g/mol. The highest BCUT2D eigenvalue weighted by Crippen LogP contribution is 2.19. The lowest BCUT2D eigenvalue weighted by Crippen LogP contribution is -2.42. The molecule has 0 saturated carbocycles. The number of nitrogens with one attached hydrogen (secondary N) is 1. The highest BCUT2D eigenvalue weighted by atomic mass is 35.5. The molecule has 1 fully saturated rings. The van der Waals surface area contributed by atoms with Gasteiger partial charge in [0.05, 0.1) is 7.05 Å². The molecule has 0 radical (unpaired) electrons. The number of carbonyl (C=O) groups excluding carboxylic acids is 1. The van der Waals surface area contributed by atoms with Crippen LogP contribution in [0.15, 0.2) is 12.1 Å². The molecule has 1 atom stereocenters. The number of aromatic nitrogens is 1. The predicted molar refractivity (Wildman–Crippen MR) is 81.9 cm³/mol. The van der Waals surface area contributed by atoms with Crippen molar-refractivity contribution in [3.63, 3.8) is 0 Å². The van der Waals surface area contributed by atoms with Crippen LogP contribution in [0.4, 0.5) is 5.82 Å². The standard InChI is InChI=1S/C13H20N4O3.ClH/c1-3-8-16(10-6-7-14-9-10)13(18)11-4-5-12(15(11)2)17(19)20;/h4-5,10,14H,3,6-9H2,1-2H3;1H. The first-order valence-electron chi connectivity index (χ1n) is 6.88. The van der Waals surface area contributed by atoms with Crippen molar-refractivity contribution in [1.29, 1.82) is 0 Å². The van der Waals surface area contributed by atoms with Crippen molar-refractivity contribution in [2.45, 2.75) is 25.8 Å². The van der Waals surface area contributed by atoms with E-state index < -0.39 is 4.92 Å². The molecule has 0 aliphatic carbocycles. The Morgan fingerprint density at radius 3 is 2.76 bits per heavy atom. The average Bonchev–Trinajstić information content (AvgIpc) is 3.04. The first kappa shape index (κ1) is 17.5. The Morgan fingerprint density at radius 2 is 2.29 bits per heavy atom. The second-order valence-electron chi connectivity index (χ2n) is 5.04. The van der Waals surface area contributed by atoms with E-state index >= 15 is 0 Å². The summed E-state index contributed by atoms with van der Waals surface area (Å²) >= 11 is 0. The van der Waals surface area contributed by atoms with Crippen LogP contribution < -0.4 is 5.32 Å². The minimum Gasteiger partial charge on any atom is -0.358 e. The average molecular weight is 317 g/mol. The summed E-state index contributed by atoms with van der Waals surface area (Å²) in [5.74, 6) is -0.189. The van der Waals surface area contributed by atoms with Gasteiger partial charge in [0.2, 0.25) is 0 Å². The molecule has 21 heavy (non-hydrogen) atoms. The third-order valence-corrected chi connectivity index (χ3v) is 3.70. The van der Waals surface area contributed by atoms with Crippen LogP contribution in [0.5, 0.6) is 0 Å². The molecule has 1 saturated heterocycles. The Morgan fingerprint density at radius 1 is 1.57 bits per heavy atom. The van der Waals surface area contributed by atoms with Crippen LogP contribution in [0.1, 0.15) is 30.3 Å². The topological polar surface area (TPSA) is 80.4 Å². The highest BCUT2D eigenvalue weighted by Gasteiger charge is 2.30. The smallest absolute Gasteiger partial charge is 0.323 e. The summed E-state index contributed by atoms with van der Waals surface area (Å²) in [6.07, 6.45) is 1.80. The number of amides is 1. The molecule has 2 rings (SSSR count). The lowest BCUT2D eigenvalue weighted by atomic mass is 10.2. The molecule has 118 valence electrons. The van der Waals surface area contributed by atoms with Crippen molar-refractivity contribution in [1.82, 2.24) is 14.8 Å². The molecule has 1 aromatic heterocycles. The van der Waals surface area contributed by atoms with E-state index in [0.29, 0.717) is 12.2 Å². The van der Waals surface area contributed by atoms with E-state index in [1.807, 2.05) is 11.8 Å². The molecular formula is C13H21ClN4O3. The van der Waals surface area contributed by atoms with Gasteiger partial charge in [-0.25, -0.2) is 4.57 Å². The summed E-state index contributed by atoms with van der Waals surface area (Å²) in [6.45, 7) is 4.39. The van der Waals surface area contributed by atoms with Gasteiger partial charge in [-0.15, -0.1) is 12.4 Å². The number of nitro groups is 1. The molecule has 2 heterocycles. The molecule has 0 bridgehead atoms. The highest BCUT2D eigenvalue weighted by molar-refractivity contribution is 5.93. The first-order valence-corrected chi connectivity index (χ1v) is 6.88. The van der Waals surface area contributed by atoms with Gasteiger partial charge in [0, 0.05) is 25.2 Å². The van der Waals surface area contributed by atoms with E-state index in [2.05, 4.69) is 5.32 Å². The summed E-state index contributed by atoms with van der Waals surface area (Å²) in [4.78, 5) is 24.9. The summed E-state index contributed by atoms with van der Waals surface area (Å²) in [5.41, 5.74) is 0.372. The van der Waals surface area contributed by atoms with E-state index in [1.54, 1.807) is 7.05 Å². The number of halogens is 1. The molecule has 1 aliphatic heterocycles. The maximum atomic E-state index is 12.6. The van der Waals surface area contributed by atoms with Crippen LogP contribution in [0.25, 0.3) is 0 Å². The normalized spacial score (nSPS) is 17.3. The number of hydrogen-bond acceptors (Lipinski definition) is 4. The molecular weight excluding hydrogens is 296 g/mol. The van der Waals surface area contributed by atoms with Crippen LogP contribution in [-0.2, 0) is 7.05 Å². The molecule has 1 aliphatic rings. The molecule has 1 aromatic rings. The second kappa shape index (κ2) is 7.42. The minimum atomic E-state index is -0.474. The van der Waals surface area contributed by atoms with Crippen LogP contribution in [0, 0.1) is 10.1 Å². The summed E-state index contributed by atoms with van der Waals surface area (Å²) < 4.78 is 1.35. The SMILES string of the molecule is CCCN(C(=O)c1ccc([N+](=O)[O-])n1C)C1CCNC1.Cl. The largest absolute Gasteiger partial charge is 0.358 e. The molecule has 8 heteroatoms. The van der Waals surface area contributed by atoms with Crippen LogP contribution in [-0.4, -0.2) is 46.0 Å². The minimum absolute atomic E-state index is 0. The van der Waals surface area contributed by atoms with Gasteiger partial charge in [0.25, 0.3) is 5.91 Å². The van der Waals surface area contributed by atoms with Crippen LogP contribution in [0.2, 0.25) is 0 Å². The van der Waals surface area contributed by atoms with Gasteiger partial charge in [0.1, 0.15) is 0 Å². The van der Waals surface area contributed by atoms with Crippen molar-refractivity contribution < 1.29 is 9.72 Å². The summed E-state index contributed by atoms with van der Waals surface area (Å²) in [5, 5.41) is 14.1. The third-order valence-electron chi connectivity index (χ3n) is 3.70. The fourth-order valence-electron chi connectivity index (χ4n) is 2.64. The van der Waals surface area contributed by atoms with Crippen molar-refractivity contribution in [3.05, 3.63) is 27.9 Å². The van der Waals surface area contributed by atoms with Crippen molar-refractivity contribution in [2.75, 3.05) is 19.6 Å². The number of carbonyl (C=O) groups is 1. The summed E-state index contributed by atoms with van der Waals surface area (Å²) in [7, 11) is 1.56. The van der Waals surface area contributed by atoms with Crippen molar-refractivity contribution >= 4 is 24.1 Å². The molecule has 0 aromatic carbocycles. The van der Waals surface area contributed by atoms with Gasteiger partial charge in [0.15, 0.2) is 5.69 Å². The lowest BCUT2D eigenvalue weighted by molar-refractivity contribution is -0.391. The quantitative estimate of drug-likeness (QED) is 0.660. The van der Waals surface area contributed by atoms with Gasteiger partial charge in [-0.05, 0) is 30.4 Å². The van der Waals surface area contributed by atoms with Gasteiger partial charge in [-0.3, -0.25) is 4.79 Å². The first-order chi connectivity index (χ1) is 9.56. The third kappa shape index (κ3) is 3.54. The zero-order valence-electron chi connectivity index (χ0n) is 12.2. The molecule has 1 unspecified atom stereocenters. The molecule has 0 spiro atoms. The molecule has 1 N–H and O–H groups in total. The summed E-state index contributed by atoms with van der Waals surface area (Å²) in [6, 6.07) is 3.09. The van der Waals surface area contributed by atoms with Crippen LogP contribution >= 0.6 is 12.4 Å². The zero-order chi connectivity index (χ0) is 14.7. The predicted octanol–water partition coefficient (Wildman–Crippen LogP) is 1.57. The van der Waals surface area contributed by atoms with Crippen molar-refractivity contribution in [2.24, 2.45) is 7.05 Å². The fourth-order valence-corrected chi connectivity index (χ4v) is 2.64. The van der Waals surface area contributed by atoms with E-state index in [-0.39, 0.29) is 30.2 Å². The maximum absolute atomic E-state index is 12.6. The van der Waals surface area contributed by atoms with E-state index in [0.717, 1.165) is 25.9 Å². The number of rotatable bonds is 5. The lowest BCUT2D eigenvalue weighted by Gasteiger charge is -2.27. The zero-order valence-corrected chi connectivity index (χ0v) is 13.1. The van der Waals surface area contributed by atoms with Crippen molar-refractivity contribution in [3.8, 4) is 0 Å². The van der Waals surface area contributed by atoms with Gasteiger partial charge < -0.3 is 20.3 Å². The van der Waals surface area contributed by atoms with Gasteiger partial charge >= 0.3 is 5.82 Å². The fraction of sp³-hybridized carbons (Fsp3) is 0.615. The number of nitrogens with zero attached hydrogens (tertiary/aromatic N) is 3. The Bertz CT molecular complexity index is 512. The van der Waals surface area contributed by atoms with Gasteiger partial charge in [-0.1, -0.05) is 6.92 Å². The van der Waals surface area contributed by atoms with Crippen LogP contribution in [0.3, 0.4) is 0 Å². The molecule has 1 amide bonds. The Balaban J connectivity index is 0.00000220. The number of hydrogen-bond donors (Lipinski definition) is 1. The second-order valence-corrected chi connectivity index (χ2v) is 5.04.